The number of nitrogen functional groups attached to an aromatic ring is 1. The summed E-state index contributed by atoms with van der Waals surface area (Å²) >= 11 is 0. The van der Waals surface area contributed by atoms with E-state index in [1.807, 2.05) is 0 Å². The van der Waals surface area contributed by atoms with Gasteiger partial charge in [0.15, 0.2) is 11.6 Å². The van der Waals surface area contributed by atoms with Crippen molar-refractivity contribution in [2.75, 3.05) is 18.1 Å². The quantitative estimate of drug-likeness (QED) is 0.458. The molecular weight excluding hydrogens is 382 g/mol. The molecule has 0 radical (unpaired) electrons. The van der Waals surface area contributed by atoms with Crippen molar-refractivity contribution in [3.05, 3.63) is 94.0 Å². The van der Waals surface area contributed by atoms with Crippen molar-refractivity contribution in [2.24, 2.45) is 0 Å². The Bertz CT molecular complexity index is 1230. The zero-order valence-electron chi connectivity index (χ0n) is 16.0. The third kappa shape index (κ3) is 3.02. The van der Waals surface area contributed by atoms with E-state index in [0.29, 0.717) is 11.1 Å². The van der Waals surface area contributed by atoms with Crippen LogP contribution in [0.3, 0.4) is 0 Å². The van der Waals surface area contributed by atoms with Gasteiger partial charge in [-0.1, -0.05) is 24.3 Å². The van der Waals surface area contributed by atoms with Crippen molar-refractivity contribution in [2.45, 2.75) is 0 Å². The molecule has 0 unspecified atom stereocenters. The van der Waals surface area contributed by atoms with E-state index in [-0.39, 0.29) is 51.1 Å². The van der Waals surface area contributed by atoms with Gasteiger partial charge in [0.25, 0.3) is 11.8 Å². The van der Waals surface area contributed by atoms with E-state index in [0.717, 1.165) is 0 Å². The lowest BCUT2D eigenvalue weighted by Crippen LogP contribution is -2.25. The van der Waals surface area contributed by atoms with Crippen LogP contribution in [0.25, 0.3) is 0 Å². The average Bonchev–Trinajstić information content (AvgIpc) is 2.76. The highest BCUT2D eigenvalue weighted by atomic mass is 16.2. The Morgan fingerprint density at radius 2 is 1.27 bits per heavy atom. The van der Waals surface area contributed by atoms with Gasteiger partial charge in [0.2, 0.25) is 0 Å². The molecule has 0 aliphatic heterocycles. The third-order valence-corrected chi connectivity index (χ3v) is 4.99. The molecule has 30 heavy (non-hydrogen) atoms. The molecule has 4 N–H and O–H groups in total. The van der Waals surface area contributed by atoms with Gasteiger partial charge in [-0.3, -0.25) is 19.2 Å². The average molecular weight is 399 g/mol. The number of benzene rings is 3. The van der Waals surface area contributed by atoms with E-state index in [1.165, 1.54) is 31.3 Å². The lowest BCUT2D eigenvalue weighted by atomic mass is 9.82. The number of nitrogens with two attached hydrogens (primary N) is 1. The molecule has 0 aromatic heterocycles. The largest absolute Gasteiger partial charge is 0.398 e. The topological polar surface area (TPSA) is 118 Å². The normalized spacial score (nSPS) is 12.0. The Balaban J connectivity index is 1.69. The van der Waals surface area contributed by atoms with E-state index in [9.17, 15) is 19.2 Å². The van der Waals surface area contributed by atoms with Crippen LogP contribution < -0.4 is 16.4 Å². The van der Waals surface area contributed by atoms with Gasteiger partial charge in [-0.15, -0.1) is 0 Å². The van der Waals surface area contributed by atoms with E-state index in [4.69, 9.17) is 5.73 Å². The van der Waals surface area contributed by atoms with Crippen molar-refractivity contribution >= 4 is 34.8 Å². The molecule has 1 aliphatic carbocycles. The summed E-state index contributed by atoms with van der Waals surface area (Å²) in [6.07, 6.45) is 0. The number of carbonyl (C=O) groups excluding carboxylic acids is 4. The Morgan fingerprint density at radius 3 is 1.90 bits per heavy atom. The van der Waals surface area contributed by atoms with Crippen LogP contribution in [-0.4, -0.2) is 30.4 Å². The number of carbonyl (C=O) groups is 4. The lowest BCUT2D eigenvalue weighted by molar-refractivity contribution is 0.0960. The highest BCUT2D eigenvalue weighted by molar-refractivity contribution is 6.32. The van der Waals surface area contributed by atoms with E-state index >= 15 is 0 Å². The molecule has 0 bridgehead atoms. The molecule has 0 heterocycles. The van der Waals surface area contributed by atoms with E-state index < -0.39 is 5.91 Å². The van der Waals surface area contributed by atoms with Gasteiger partial charge in [-0.25, -0.2) is 0 Å². The molecule has 3 aromatic rings. The maximum absolute atomic E-state index is 13.1. The third-order valence-electron chi connectivity index (χ3n) is 4.99. The fourth-order valence-electron chi connectivity index (χ4n) is 3.48. The smallest absolute Gasteiger partial charge is 0.255 e. The molecule has 0 atom stereocenters. The summed E-state index contributed by atoms with van der Waals surface area (Å²) in [5.41, 5.74) is 7.84. The zero-order valence-corrected chi connectivity index (χ0v) is 16.0. The Hall–Kier alpha value is -4.26. The Labute approximate surface area is 171 Å². The first-order valence-corrected chi connectivity index (χ1v) is 9.16. The van der Waals surface area contributed by atoms with Gasteiger partial charge in [-0.2, -0.15) is 0 Å². The van der Waals surface area contributed by atoms with Gasteiger partial charge in [0.05, 0.1) is 16.8 Å². The second-order valence-electron chi connectivity index (χ2n) is 6.77. The minimum atomic E-state index is -0.467. The number of amides is 2. The number of hydrogen-bond acceptors (Lipinski definition) is 5. The Morgan fingerprint density at radius 1 is 0.733 bits per heavy atom. The van der Waals surface area contributed by atoms with E-state index in [1.54, 1.807) is 36.4 Å². The zero-order chi connectivity index (χ0) is 21.4. The monoisotopic (exact) mass is 399 g/mol. The van der Waals surface area contributed by atoms with Crippen LogP contribution in [0.5, 0.6) is 0 Å². The van der Waals surface area contributed by atoms with Crippen LogP contribution in [0.15, 0.2) is 60.7 Å². The minimum Gasteiger partial charge on any atom is -0.398 e. The predicted octanol–water partition coefficient (Wildman–Crippen LogP) is 2.66. The summed E-state index contributed by atoms with van der Waals surface area (Å²) in [5.74, 6) is -1.46. The molecule has 7 nitrogen and oxygen atoms in total. The fraction of sp³-hybridized carbons (Fsp3) is 0.0435. The summed E-state index contributed by atoms with van der Waals surface area (Å²) in [6.45, 7) is 0. The van der Waals surface area contributed by atoms with Gasteiger partial charge in [-0.05, 0) is 36.4 Å². The molecule has 148 valence electrons. The summed E-state index contributed by atoms with van der Waals surface area (Å²) in [5, 5.41) is 5.21. The minimum absolute atomic E-state index is 0.135. The van der Waals surface area contributed by atoms with Crippen molar-refractivity contribution in [3.8, 4) is 0 Å². The van der Waals surface area contributed by atoms with Crippen LogP contribution in [0, 0.1) is 0 Å². The molecule has 2 amide bonds. The van der Waals surface area contributed by atoms with Crippen LogP contribution in [-0.2, 0) is 0 Å². The van der Waals surface area contributed by atoms with Crippen LogP contribution >= 0.6 is 0 Å². The molecule has 0 fully saturated rings. The molecule has 7 heteroatoms. The lowest BCUT2D eigenvalue weighted by Gasteiger charge is -2.21. The standard InChI is InChI=1S/C23H17N3O4/c1-25-22(29)12-8-10-13(11-9-12)23(30)26-17-7-3-5-15-19(17)21(28)14-4-2-6-16(24)18(14)20(15)27/h2-11H,24H2,1H3,(H,25,29)(H,26,30). The first-order chi connectivity index (χ1) is 14.4. The number of fused-ring (bicyclic) bond motifs is 2. The van der Waals surface area contributed by atoms with Crippen molar-refractivity contribution in [1.82, 2.24) is 5.32 Å². The summed E-state index contributed by atoms with van der Waals surface area (Å²) < 4.78 is 0. The van der Waals surface area contributed by atoms with Crippen molar-refractivity contribution in [3.63, 3.8) is 0 Å². The van der Waals surface area contributed by atoms with E-state index in [2.05, 4.69) is 10.6 Å². The molecule has 0 spiro atoms. The number of rotatable bonds is 3. The van der Waals surface area contributed by atoms with Crippen molar-refractivity contribution in [1.29, 1.82) is 0 Å². The van der Waals surface area contributed by atoms with Gasteiger partial charge >= 0.3 is 0 Å². The van der Waals surface area contributed by atoms with Crippen molar-refractivity contribution < 1.29 is 19.2 Å². The maximum atomic E-state index is 13.1. The number of hydrogen-bond donors (Lipinski definition) is 3. The number of anilines is 2. The molecule has 1 aliphatic rings. The molecule has 0 saturated heterocycles. The van der Waals surface area contributed by atoms with Gasteiger partial charge in [0, 0.05) is 35.0 Å². The summed E-state index contributed by atoms with van der Waals surface area (Å²) in [6, 6.07) is 15.5. The summed E-state index contributed by atoms with van der Waals surface area (Å²) in [7, 11) is 1.52. The Kier molecular flexibility index (Phi) is 4.63. The fourth-order valence-corrected chi connectivity index (χ4v) is 3.48. The highest BCUT2D eigenvalue weighted by Gasteiger charge is 2.33. The SMILES string of the molecule is CNC(=O)c1ccc(C(=O)Nc2cccc3c2C(=O)c2cccc(N)c2C3=O)cc1. The van der Waals surface area contributed by atoms with Crippen LogP contribution in [0.1, 0.15) is 52.6 Å². The van der Waals surface area contributed by atoms with Gasteiger partial charge in [0.1, 0.15) is 0 Å². The maximum Gasteiger partial charge on any atom is 0.255 e. The molecule has 4 rings (SSSR count). The first-order valence-electron chi connectivity index (χ1n) is 9.16. The van der Waals surface area contributed by atoms with Crippen LogP contribution in [0.4, 0.5) is 11.4 Å². The highest BCUT2D eigenvalue weighted by Crippen LogP contribution is 2.34. The molecular formula is C23H17N3O4. The van der Waals surface area contributed by atoms with Crippen LogP contribution in [0.2, 0.25) is 0 Å². The number of ketones is 2. The predicted molar refractivity (Wildman–Crippen MR) is 112 cm³/mol. The first kappa shape index (κ1) is 19.1. The molecule has 3 aromatic carbocycles. The van der Waals surface area contributed by atoms with Gasteiger partial charge < -0.3 is 16.4 Å². The number of nitrogens with one attached hydrogen (secondary N) is 2. The second-order valence-corrected chi connectivity index (χ2v) is 6.77. The second kappa shape index (κ2) is 7.29. The summed E-state index contributed by atoms with van der Waals surface area (Å²) in [4.78, 5) is 50.4. The molecule has 0 saturated carbocycles.